The highest BCUT2D eigenvalue weighted by atomic mass is 32.2. The van der Waals surface area contributed by atoms with Crippen LogP contribution in [0, 0.1) is 13.8 Å². The summed E-state index contributed by atoms with van der Waals surface area (Å²) in [6.45, 7) is 5.95. The van der Waals surface area contributed by atoms with E-state index in [1.54, 1.807) is 0 Å². The van der Waals surface area contributed by atoms with Crippen molar-refractivity contribution < 1.29 is 9.53 Å². The molecule has 0 bridgehead atoms. The molecule has 180 valence electrons. The number of aryl methyl sites for hydroxylation is 2. The topological polar surface area (TPSA) is 63.5 Å². The van der Waals surface area contributed by atoms with Crippen LogP contribution in [-0.2, 0) is 16.1 Å². The molecule has 2 heterocycles. The first kappa shape index (κ1) is 24.3. The van der Waals surface area contributed by atoms with E-state index < -0.39 is 0 Å². The number of anilines is 1. The Morgan fingerprint density at radius 1 is 1.15 bits per heavy atom. The lowest BCUT2D eigenvalue weighted by atomic mass is 10.1. The Kier molecular flexibility index (Phi) is 7.90. The van der Waals surface area contributed by atoms with Crippen molar-refractivity contribution in [1.82, 2.24) is 19.7 Å². The van der Waals surface area contributed by atoms with Gasteiger partial charge in [-0.1, -0.05) is 36.0 Å². The van der Waals surface area contributed by atoms with Gasteiger partial charge in [0.25, 0.3) is 0 Å². The number of carbonyl (C=O) groups is 1. The molecule has 2 aromatic carbocycles. The molecule has 0 N–H and O–H groups in total. The zero-order valence-corrected chi connectivity index (χ0v) is 21.2. The molecule has 0 radical (unpaired) electrons. The minimum atomic E-state index is 0.0774. The number of nitrogens with zero attached hydrogens (tertiary/aromatic N) is 5. The number of ether oxygens (including phenoxy) is 1. The molecule has 8 heteroatoms. The summed E-state index contributed by atoms with van der Waals surface area (Å²) >= 11 is 1.43. The molecule has 0 saturated carbocycles. The van der Waals surface area contributed by atoms with Gasteiger partial charge < -0.3 is 14.5 Å². The molecule has 3 aromatic rings. The van der Waals surface area contributed by atoms with Gasteiger partial charge in [0.15, 0.2) is 5.16 Å². The fourth-order valence-electron chi connectivity index (χ4n) is 4.13. The molecule has 0 aliphatic carbocycles. The second-order valence-electron chi connectivity index (χ2n) is 8.96. The van der Waals surface area contributed by atoms with Crippen molar-refractivity contribution in [3.8, 4) is 5.69 Å². The van der Waals surface area contributed by atoms with Gasteiger partial charge >= 0.3 is 0 Å². The fraction of sp³-hybridized carbons (Fsp3) is 0.423. The van der Waals surface area contributed by atoms with Gasteiger partial charge in [-0.25, -0.2) is 0 Å². The minimum absolute atomic E-state index is 0.0774. The summed E-state index contributed by atoms with van der Waals surface area (Å²) in [6.07, 6.45) is 2.16. The predicted molar refractivity (Wildman–Crippen MR) is 137 cm³/mol. The van der Waals surface area contributed by atoms with E-state index in [-0.39, 0.29) is 12.0 Å². The number of benzene rings is 2. The van der Waals surface area contributed by atoms with Crippen LogP contribution in [0.4, 0.5) is 5.69 Å². The summed E-state index contributed by atoms with van der Waals surface area (Å²) in [5.74, 6) is 1.18. The van der Waals surface area contributed by atoms with Gasteiger partial charge in [-0.05, 0) is 62.1 Å². The second-order valence-corrected chi connectivity index (χ2v) is 9.91. The number of thioether (sulfide) groups is 1. The van der Waals surface area contributed by atoms with Crippen molar-refractivity contribution in [2.24, 2.45) is 0 Å². The number of hydrogen-bond donors (Lipinski definition) is 0. The maximum Gasteiger partial charge on any atom is 0.233 e. The van der Waals surface area contributed by atoms with Crippen molar-refractivity contribution >= 4 is 23.4 Å². The third-order valence-corrected chi connectivity index (χ3v) is 6.92. The summed E-state index contributed by atoms with van der Waals surface area (Å²) in [4.78, 5) is 17.4. The average Bonchev–Trinajstić information content (AvgIpc) is 3.46. The van der Waals surface area contributed by atoms with Gasteiger partial charge in [0.05, 0.1) is 11.9 Å². The molecule has 1 fully saturated rings. The van der Waals surface area contributed by atoms with E-state index >= 15 is 0 Å². The fourth-order valence-corrected chi connectivity index (χ4v) is 5.03. The highest BCUT2D eigenvalue weighted by Gasteiger charge is 2.24. The van der Waals surface area contributed by atoms with Crippen LogP contribution in [0.15, 0.2) is 53.7 Å². The first-order chi connectivity index (χ1) is 16.4. The number of carbonyl (C=O) groups excluding carboxylic acids is 1. The largest absolute Gasteiger partial charge is 0.378 e. The maximum atomic E-state index is 13.4. The van der Waals surface area contributed by atoms with Crippen molar-refractivity contribution in [2.75, 3.05) is 37.9 Å². The van der Waals surface area contributed by atoms with Crippen molar-refractivity contribution in [3.05, 3.63) is 65.5 Å². The first-order valence-corrected chi connectivity index (χ1v) is 12.7. The molecule has 0 spiro atoms. The van der Waals surface area contributed by atoms with Crippen LogP contribution in [-0.4, -0.2) is 64.7 Å². The number of hydrogen-bond acceptors (Lipinski definition) is 6. The Balaban J connectivity index is 1.47. The molecule has 1 aliphatic heterocycles. The second kappa shape index (κ2) is 11.1. The zero-order chi connectivity index (χ0) is 24.1. The van der Waals surface area contributed by atoms with Gasteiger partial charge in [0.1, 0.15) is 5.82 Å². The molecule has 1 atom stereocenters. The molecule has 7 nitrogen and oxygen atoms in total. The van der Waals surface area contributed by atoms with Crippen molar-refractivity contribution in [1.29, 1.82) is 0 Å². The van der Waals surface area contributed by atoms with E-state index in [0.29, 0.717) is 18.8 Å². The Morgan fingerprint density at radius 3 is 2.62 bits per heavy atom. The lowest BCUT2D eigenvalue weighted by Crippen LogP contribution is -2.38. The van der Waals surface area contributed by atoms with Crippen LogP contribution in [0.5, 0.6) is 0 Å². The van der Waals surface area contributed by atoms with Crippen LogP contribution < -0.4 is 4.90 Å². The maximum absolute atomic E-state index is 13.4. The van der Waals surface area contributed by atoms with E-state index in [2.05, 4.69) is 58.4 Å². The van der Waals surface area contributed by atoms with E-state index in [9.17, 15) is 4.79 Å². The molecule has 1 aromatic heterocycles. The summed E-state index contributed by atoms with van der Waals surface area (Å²) < 4.78 is 7.85. The van der Waals surface area contributed by atoms with Gasteiger partial charge in [-0.2, -0.15) is 0 Å². The molecule has 1 aliphatic rings. The third-order valence-electron chi connectivity index (χ3n) is 6.01. The Hall–Kier alpha value is -2.84. The predicted octanol–water partition coefficient (Wildman–Crippen LogP) is 4.25. The van der Waals surface area contributed by atoms with Gasteiger partial charge in [0, 0.05) is 45.2 Å². The molecule has 1 saturated heterocycles. The standard InChI is InChI=1S/C26H33N5O2S/c1-19-7-5-8-23(15-19)31-20(2)27-28-26(31)34-18-25(32)30(17-24-9-6-14-33-24)16-21-10-12-22(13-11-21)29(3)4/h5,7-8,10-13,15,24H,6,9,14,16-18H2,1-4H3. The zero-order valence-electron chi connectivity index (χ0n) is 20.4. The number of aromatic nitrogens is 3. The van der Waals surface area contributed by atoms with E-state index in [0.717, 1.165) is 47.4 Å². The van der Waals surface area contributed by atoms with Gasteiger partial charge in [-0.15, -0.1) is 10.2 Å². The quantitative estimate of drug-likeness (QED) is 0.428. The summed E-state index contributed by atoms with van der Waals surface area (Å²) in [5, 5.41) is 9.33. The molecular formula is C26H33N5O2S. The molecule has 4 rings (SSSR count). The van der Waals surface area contributed by atoms with E-state index in [1.807, 2.05) is 42.6 Å². The normalized spacial score (nSPS) is 15.5. The van der Waals surface area contributed by atoms with Gasteiger partial charge in [-0.3, -0.25) is 9.36 Å². The molecule has 1 unspecified atom stereocenters. The smallest absolute Gasteiger partial charge is 0.233 e. The number of amides is 1. The Labute approximate surface area is 206 Å². The Morgan fingerprint density at radius 2 is 1.94 bits per heavy atom. The molecule has 34 heavy (non-hydrogen) atoms. The highest BCUT2D eigenvalue weighted by molar-refractivity contribution is 7.99. The molecule has 1 amide bonds. The van der Waals surface area contributed by atoms with E-state index in [1.165, 1.54) is 17.3 Å². The minimum Gasteiger partial charge on any atom is -0.378 e. The van der Waals surface area contributed by atoms with Crippen LogP contribution in [0.3, 0.4) is 0 Å². The van der Waals surface area contributed by atoms with Crippen molar-refractivity contribution in [3.63, 3.8) is 0 Å². The summed E-state index contributed by atoms with van der Waals surface area (Å²) in [5.41, 5.74) is 4.43. The molecular weight excluding hydrogens is 446 g/mol. The summed E-state index contributed by atoms with van der Waals surface area (Å²) in [7, 11) is 4.05. The Bertz CT molecular complexity index is 1110. The summed E-state index contributed by atoms with van der Waals surface area (Å²) in [6, 6.07) is 16.6. The monoisotopic (exact) mass is 479 g/mol. The van der Waals surface area contributed by atoms with Gasteiger partial charge in [0.2, 0.25) is 5.91 Å². The van der Waals surface area contributed by atoms with Crippen LogP contribution >= 0.6 is 11.8 Å². The van der Waals surface area contributed by atoms with E-state index in [4.69, 9.17) is 4.74 Å². The number of rotatable bonds is 9. The van der Waals surface area contributed by atoms with Crippen LogP contribution in [0.2, 0.25) is 0 Å². The average molecular weight is 480 g/mol. The lowest BCUT2D eigenvalue weighted by molar-refractivity contribution is -0.130. The van der Waals surface area contributed by atoms with Crippen molar-refractivity contribution in [2.45, 2.75) is 44.5 Å². The van der Waals surface area contributed by atoms with Crippen LogP contribution in [0.1, 0.15) is 29.8 Å². The third kappa shape index (κ3) is 5.98. The lowest BCUT2D eigenvalue weighted by Gasteiger charge is -2.26. The first-order valence-electron chi connectivity index (χ1n) is 11.7. The highest BCUT2D eigenvalue weighted by Crippen LogP contribution is 2.24. The SMILES string of the molecule is Cc1cccc(-n2c(C)nnc2SCC(=O)N(Cc2ccc(N(C)C)cc2)CC2CCCO2)c1. The van der Waals surface area contributed by atoms with Crippen LogP contribution in [0.25, 0.3) is 5.69 Å².